The van der Waals surface area contributed by atoms with E-state index in [1.807, 2.05) is 0 Å². The van der Waals surface area contributed by atoms with E-state index in [0.717, 1.165) is 19.4 Å². The van der Waals surface area contributed by atoms with Gasteiger partial charge in [0.05, 0.1) is 11.5 Å². The highest BCUT2D eigenvalue weighted by Gasteiger charge is 2.33. The van der Waals surface area contributed by atoms with Crippen LogP contribution in [-0.2, 0) is 6.61 Å². The zero-order valence-electron chi connectivity index (χ0n) is 11.4. The second kappa shape index (κ2) is 5.57. The van der Waals surface area contributed by atoms with Crippen molar-refractivity contribution in [2.75, 3.05) is 11.4 Å². The summed E-state index contributed by atoms with van der Waals surface area (Å²) in [4.78, 5) is 13.0. The number of benzene rings is 1. The molecule has 1 fully saturated rings. The van der Waals surface area contributed by atoms with Crippen molar-refractivity contribution in [3.63, 3.8) is 0 Å². The molecule has 0 spiro atoms. The zero-order valence-corrected chi connectivity index (χ0v) is 11.4. The molecule has 1 aliphatic rings. The lowest BCUT2D eigenvalue weighted by Crippen LogP contribution is -2.30. The van der Waals surface area contributed by atoms with Crippen molar-refractivity contribution in [3.8, 4) is 0 Å². The highest BCUT2D eigenvalue weighted by molar-refractivity contribution is 5.65. The third-order valence-corrected chi connectivity index (χ3v) is 3.28. The van der Waals surface area contributed by atoms with Gasteiger partial charge in [0.2, 0.25) is 0 Å². The molecule has 1 aromatic rings. The van der Waals surface area contributed by atoms with Crippen molar-refractivity contribution < 1.29 is 10.0 Å². The van der Waals surface area contributed by atoms with Gasteiger partial charge in [0.25, 0.3) is 5.69 Å². The summed E-state index contributed by atoms with van der Waals surface area (Å²) in [5, 5.41) is 20.3. The molecule has 0 saturated heterocycles. The molecule has 1 aromatic carbocycles. The number of hydrogen-bond donors (Lipinski definition) is 1. The monoisotopic (exact) mass is 264 g/mol. The van der Waals surface area contributed by atoms with Crippen LogP contribution in [0.5, 0.6) is 0 Å². The van der Waals surface area contributed by atoms with E-state index in [4.69, 9.17) is 5.11 Å². The highest BCUT2D eigenvalue weighted by Crippen LogP contribution is 2.37. The van der Waals surface area contributed by atoms with Gasteiger partial charge in [-0.2, -0.15) is 0 Å². The zero-order chi connectivity index (χ0) is 14.0. The van der Waals surface area contributed by atoms with Gasteiger partial charge in [-0.15, -0.1) is 0 Å². The molecule has 0 aliphatic heterocycles. The number of hydrogen-bond acceptors (Lipinski definition) is 4. The lowest BCUT2D eigenvalue weighted by molar-refractivity contribution is -0.384. The second-order valence-electron chi connectivity index (χ2n) is 5.52. The maximum absolute atomic E-state index is 11.2. The van der Waals surface area contributed by atoms with Crippen molar-refractivity contribution in [3.05, 3.63) is 33.9 Å². The van der Waals surface area contributed by atoms with Gasteiger partial charge in [0.15, 0.2) is 0 Å². The minimum absolute atomic E-state index is 0.0964. The fourth-order valence-corrected chi connectivity index (χ4v) is 2.28. The number of rotatable bonds is 6. The van der Waals surface area contributed by atoms with E-state index in [1.165, 1.54) is 6.07 Å². The first-order valence-electron chi connectivity index (χ1n) is 6.67. The Bertz CT molecular complexity index is 470. The first kappa shape index (κ1) is 13.8. The number of anilines is 1. The summed E-state index contributed by atoms with van der Waals surface area (Å²) in [6, 6.07) is 5.44. The third kappa shape index (κ3) is 3.23. The van der Waals surface area contributed by atoms with Crippen molar-refractivity contribution in [2.45, 2.75) is 39.3 Å². The molecule has 1 saturated carbocycles. The summed E-state index contributed by atoms with van der Waals surface area (Å²) in [6.45, 7) is 4.88. The van der Waals surface area contributed by atoms with E-state index in [0.29, 0.717) is 23.2 Å². The van der Waals surface area contributed by atoms with Crippen LogP contribution >= 0.6 is 0 Å². The van der Waals surface area contributed by atoms with E-state index >= 15 is 0 Å². The number of nitrogens with zero attached hydrogens (tertiary/aromatic N) is 2. The average Bonchev–Trinajstić information content (AvgIpc) is 3.19. The van der Waals surface area contributed by atoms with E-state index in [-0.39, 0.29) is 17.2 Å². The molecule has 104 valence electrons. The molecular weight excluding hydrogens is 244 g/mol. The number of nitro benzene ring substituents is 1. The van der Waals surface area contributed by atoms with Gasteiger partial charge in [-0.1, -0.05) is 19.9 Å². The summed E-state index contributed by atoms with van der Waals surface area (Å²) in [5.41, 5.74) is 1.35. The molecule has 0 aromatic heterocycles. The molecule has 2 rings (SSSR count). The van der Waals surface area contributed by atoms with Gasteiger partial charge in [-0.25, -0.2) is 0 Å². The van der Waals surface area contributed by atoms with Crippen molar-refractivity contribution in [1.82, 2.24) is 0 Å². The smallest absolute Gasteiger partial charge is 0.292 e. The fraction of sp³-hybridized carbons (Fsp3) is 0.571. The number of aliphatic hydroxyl groups excluding tert-OH is 1. The predicted octanol–water partition coefficient (Wildman–Crippen LogP) is 2.71. The molecule has 1 N–H and O–H groups in total. The van der Waals surface area contributed by atoms with Crippen molar-refractivity contribution >= 4 is 11.4 Å². The van der Waals surface area contributed by atoms with Crippen LogP contribution in [0.2, 0.25) is 0 Å². The van der Waals surface area contributed by atoms with E-state index in [1.54, 1.807) is 12.1 Å². The average molecular weight is 264 g/mol. The number of nitro groups is 1. The summed E-state index contributed by atoms with van der Waals surface area (Å²) >= 11 is 0. The van der Waals surface area contributed by atoms with Crippen LogP contribution in [0.3, 0.4) is 0 Å². The second-order valence-corrected chi connectivity index (χ2v) is 5.52. The summed E-state index contributed by atoms with van der Waals surface area (Å²) in [6.07, 6.45) is 2.21. The minimum Gasteiger partial charge on any atom is -0.392 e. The van der Waals surface area contributed by atoms with Crippen LogP contribution in [-0.4, -0.2) is 22.6 Å². The lowest BCUT2D eigenvalue weighted by atomic mass is 10.1. The number of aliphatic hydroxyl groups is 1. The SMILES string of the molecule is CC(C)CN(c1ccc(CO)cc1[N+](=O)[O-])C1CC1. The standard InChI is InChI=1S/C14H20N2O3/c1-10(2)8-15(12-4-5-12)13-6-3-11(9-17)7-14(13)16(18)19/h3,6-7,10,12,17H,4-5,8-9H2,1-2H3. The normalized spacial score (nSPS) is 14.7. The molecule has 0 bridgehead atoms. The largest absolute Gasteiger partial charge is 0.392 e. The van der Waals surface area contributed by atoms with Crippen molar-refractivity contribution in [2.24, 2.45) is 5.92 Å². The molecule has 0 atom stereocenters. The first-order valence-corrected chi connectivity index (χ1v) is 6.67. The maximum atomic E-state index is 11.2. The van der Waals surface area contributed by atoms with Gasteiger partial charge >= 0.3 is 0 Å². The minimum atomic E-state index is -0.357. The molecular formula is C14H20N2O3. The Labute approximate surface area is 113 Å². The Morgan fingerprint density at radius 1 is 1.47 bits per heavy atom. The van der Waals surface area contributed by atoms with Crippen LogP contribution in [0.4, 0.5) is 11.4 Å². The fourth-order valence-electron chi connectivity index (χ4n) is 2.28. The van der Waals surface area contributed by atoms with E-state index in [9.17, 15) is 10.1 Å². The molecule has 1 aliphatic carbocycles. The van der Waals surface area contributed by atoms with Crippen LogP contribution in [0.25, 0.3) is 0 Å². The van der Waals surface area contributed by atoms with Gasteiger partial charge in [-0.05, 0) is 30.4 Å². The van der Waals surface area contributed by atoms with Crippen LogP contribution in [0.1, 0.15) is 32.3 Å². The molecule has 0 heterocycles. The lowest BCUT2D eigenvalue weighted by Gasteiger charge is -2.26. The molecule has 5 nitrogen and oxygen atoms in total. The molecule has 0 amide bonds. The predicted molar refractivity (Wildman–Crippen MR) is 74.2 cm³/mol. The Kier molecular flexibility index (Phi) is 4.04. The van der Waals surface area contributed by atoms with Crippen LogP contribution in [0, 0.1) is 16.0 Å². The first-order chi connectivity index (χ1) is 9.02. The topological polar surface area (TPSA) is 66.6 Å². The molecule has 19 heavy (non-hydrogen) atoms. The molecule has 5 heteroatoms. The van der Waals surface area contributed by atoms with Gasteiger partial charge in [0.1, 0.15) is 5.69 Å². The third-order valence-electron chi connectivity index (χ3n) is 3.28. The van der Waals surface area contributed by atoms with Gasteiger partial charge < -0.3 is 10.0 Å². The Hall–Kier alpha value is -1.62. The van der Waals surface area contributed by atoms with E-state index in [2.05, 4.69) is 18.7 Å². The molecule has 0 unspecified atom stereocenters. The summed E-state index contributed by atoms with van der Waals surface area (Å²) in [5.74, 6) is 0.456. The maximum Gasteiger partial charge on any atom is 0.292 e. The van der Waals surface area contributed by atoms with Crippen LogP contribution < -0.4 is 4.90 Å². The van der Waals surface area contributed by atoms with Crippen LogP contribution in [0.15, 0.2) is 18.2 Å². The quantitative estimate of drug-likeness (QED) is 0.633. The van der Waals surface area contributed by atoms with E-state index < -0.39 is 0 Å². The van der Waals surface area contributed by atoms with Crippen molar-refractivity contribution in [1.29, 1.82) is 0 Å². The Morgan fingerprint density at radius 2 is 2.16 bits per heavy atom. The molecule has 0 radical (unpaired) electrons. The Balaban J connectivity index is 2.37. The summed E-state index contributed by atoms with van der Waals surface area (Å²) < 4.78 is 0. The van der Waals surface area contributed by atoms with Gasteiger partial charge in [-0.3, -0.25) is 10.1 Å². The Morgan fingerprint density at radius 3 is 2.63 bits per heavy atom. The van der Waals surface area contributed by atoms with Gasteiger partial charge in [0, 0.05) is 18.7 Å². The highest BCUT2D eigenvalue weighted by atomic mass is 16.6. The summed E-state index contributed by atoms with van der Waals surface area (Å²) in [7, 11) is 0.